The first-order chi connectivity index (χ1) is 13.8. The minimum Gasteiger partial charge on any atom is -0.497 e. The molecule has 0 N–H and O–H groups in total. The molecule has 0 saturated heterocycles. The lowest BCUT2D eigenvalue weighted by molar-refractivity contribution is -0.117. The number of fused-ring (bicyclic) bond motifs is 1. The van der Waals surface area contributed by atoms with Crippen molar-refractivity contribution in [3.8, 4) is 5.75 Å². The minimum absolute atomic E-state index is 0.115. The predicted molar refractivity (Wildman–Crippen MR) is 119 cm³/mol. The van der Waals surface area contributed by atoms with E-state index in [1.54, 1.807) is 31.0 Å². The Kier molecular flexibility index (Phi) is 6.81. The van der Waals surface area contributed by atoms with Crippen molar-refractivity contribution in [1.29, 1.82) is 0 Å². The third-order valence-corrected chi connectivity index (χ3v) is 7.11. The minimum atomic E-state index is -3.25. The molecule has 0 aliphatic carbocycles. The maximum absolute atomic E-state index is 12.6. The fourth-order valence-corrected chi connectivity index (χ4v) is 4.88. The van der Waals surface area contributed by atoms with Gasteiger partial charge in [-0.2, -0.15) is 16.8 Å². The fraction of sp³-hybridized carbons (Fsp3) is 0.300. The SMILES string of the molecule is COc1ccc2sc(=NC(=O)Cc3ccc(S(C)(=O)=O)cc3)n(CCSC)c2c1. The molecule has 3 rings (SSSR count). The van der Waals surface area contributed by atoms with E-state index in [9.17, 15) is 13.2 Å². The number of thioether (sulfide) groups is 1. The summed E-state index contributed by atoms with van der Waals surface area (Å²) in [7, 11) is -1.63. The number of hydrogen-bond donors (Lipinski definition) is 0. The second kappa shape index (κ2) is 9.15. The molecule has 29 heavy (non-hydrogen) atoms. The van der Waals surface area contributed by atoms with E-state index in [0.29, 0.717) is 4.80 Å². The number of aryl methyl sites for hydroxylation is 1. The summed E-state index contributed by atoms with van der Waals surface area (Å²) in [5, 5.41) is 0. The number of benzene rings is 2. The molecule has 0 radical (unpaired) electrons. The average Bonchev–Trinajstić information content (AvgIpc) is 3.01. The lowest BCUT2D eigenvalue weighted by atomic mass is 10.1. The van der Waals surface area contributed by atoms with E-state index in [2.05, 4.69) is 4.99 Å². The molecule has 0 atom stereocenters. The smallest absolute Gasteiger partial charge is 0.252 e. The molecule has 0 unspecified atom stereocenters. The predicted octanol–water partition coefficient (Wildman–Crippen LogP) is 3.15. The highest BCUT2D eigenvalue weighted by Crippen LogP contribution is 2.23. The van der Waals surface area contributed by atoms with Gasteiger partial charge < -0.3 is 9.30 Å². The van der Waals surface area contributed by atoms with Gasteiger partial charge in [0.05, 0.1) is 28.6 Å². The Labute approximate surface area is 178 Å². The van der Waals surface area contributed by atoms with Crippen LogP contribution in [0.4, 0.5) is 0 Å². The van der Waals surface area contributed by atoms with E-state index in [0.717, 1.165) is 40.1 Å². The van der Waals surface area contributed by atoms with Gasteiger partial charge in [-0.1, -0.05) is 23.5 Å². The van der Waals surface area contributed by atoms with Gasteiger partial charge in [0.1, 0.15) is 5.75 Å². The lowest BCUT2D eigenvalue weighted by Gasteiger charge is -2.05. The van der Waals surface area contributed by atoms with Crippen molar-refractivity contribution in [1.82, 2.24) is 4.57 Å². The molecular formula is C20H22N2O4S3. The van der Waals surface area contributed by atoms with Crippen LogP contribution >= 0.6 is 23.1 Å². The molecule has 1 heterocycles. The molecule has 1 amide bonds. The van der Waals surface area contributed by atoms with Crippen LogP contribution in [-0.2, 0) is 27.6 Å². The Hall–Kier alpha value is -2.10. The molecule has 0 saturated carbocycles. The normalized spacial score (nSPS) is 12.4. The Morgan fingerprint density at radius 3 is 2.55 bits per heavy atom. The maximum Gasteiger partial charge on any atom is 0.252 e. The molecule has 0 spiro atoms. The molecule has 0 aliphatic heterocycles. The Balaban J connectivity index is 1.92. The summed E-state index contributed by atoms with van der Waals surface area (Å²) in [5.41, 5.74) is 1.72. The Morgan fingerprint density at radius 1 is 1.21 bits per heavy atom. The van der Waals surface area contributed by atoms with Crippen LogP contribution in [0.3, 0.4) is 0 Å². The largest absolute Gasteiger partial charge is 0.497 e. The lowest BCUT2D eigenvalue weighted by Crippen LogP contribution is -2.18. The van der Waals surface area contributed by atoms with E-state index < -0.39 is 9.84 Å². The van der Waals surface area contributed by atoms with Gasteiger partial charge >= 0.3 is 0 Å². The zero-order valence-electron chi connectivity index (χ0n) is 16.4. The van der Waals surface area contributed by atoms with Gasteiger partial charge in [0.25, 0.3) is 5.91 Å². The molecule has 6 nitrogen and oxygen atoms in total. The number of nitrogens with zero attached hydrogens (tertiary/aromatic N) is 2. The van der Waals surface area contributed by atoms with Gasteiger partial charge in [0.15, 0.2) is 14.6 Å². The number of amides is 1. The van der Waals surface area contributed by atoms with Gasteiger partial charge in [-0.15, -0.1) is 0 Å². The van der Waals surface area contributed by atoms with Crippen LogP contribution in [0.1, 0.15) is 5.56 Å². The number of carbonyl (C=O) groups excluding carboxylic acids is 1. The van der Waals surface area contributed by atoms with Gasteiger partial charge in [-0.05, 0) is 36.1 Å². The van der Waals surface area contributed by atoms with E-state index in [1.165, 1.54) is 23.5 Å². The Bertz CT molecular complexity index is 1190. The van der Waals surface area contributed by atoms with Crippen LogP contribution in [0.15, 0.2) is 52.4 Å². The Morgan fingerprint density at radius 2 is 1.93 bits per heavy atom. The third kappa shape index (κ3) is 5.29. The van der Waals surface area contributed by atoms with Crippen LogP contribution in [-0.4, -0.2) is 44.3 Å². The molecule has 1 aromatic heterocycles. The summed E-state index contributed by atoms with van der Waals surface area (Å²) in [6, 6.07) is 12.2. The zero-order valence-corrected chi connectivity index (χ0v) is 18.9. The standard InChI is InChI=1S/C20H22N2O4S3/c1-26-15-6-9-18-17(13-15)22(10-11-27-2)20(28-18)21-19(23)12-14-4-7-16(8-5-14)29(3,24)25/h4-9,13H,10-12H2,1-3H3. The maximum atomic E-state index is 12.6. The van der Waals surface area contributed by atoms with Crippen molar-refractivity contribution in [3.63, 3.8) is 0 Å². The highest BCUT2D eigenvalue weighted by molar-refractivity contribution is 7.98. The summed E-state index contributed by atoms with van der Waals surface area (Å²) in [5.74, 6) is 1.39. The topological polar surface area (TPSA) is 77.7 Å². The second-order valence-corrected chi connectivity index (χ2v) is 10.5. The molecule has 0 bridgehead atoms. The van der Waals surface area contributed by atoms with E-state index in [4.69, 9.17) is 4.74 Å². The van der Waals surface area contributed by atoms with E-state index >= 15 is 0 Å². The number of carbonyl (C=O) groups is 1. The number of thiazole rings is 1. The monoisotopic (exact) mass is 450 g/mol. The van der Waals surface area contributed by atoms with Crippen LogP contribution in [0.2, 0.25) is 0 Å². The van der Waals surface area contributed by atoms with Gasteiger partial charge in [-0.25, -0.2) is 8.42 Å². The number of methoxy groups -OCH3 is 1. The van der Waals surface area contributed by atoms with Gasteiger partial charge in [0, 0.05) is 24.6 Å². The van der Waals surface area contributed by atoms with Crippen molar-refractivity contribution in [2.24, 2.45) is 4.99 Å². The van der Waals surface area contributed by atoms with E-state index in [-0.39, 0.29) is 17.2 Å². The second-order valence-electron chi connectivity index (χ2n) is 6.46. The van der Waals surface area contributed by atoms with Crippen LogP contribution < -0.4 is 9.54 Å². The van der Waals surface area contributed by atoms with Crippen molar-refractivity contribution < 1.29 is 17.9 Å². The first kappa shape index (κ1) is 21.6. The highest BCUT2D eigenvalue weighted by Gasteiger charge is 2.11. The summed E-state index contributed by atoms with van der Waals surface area (Å²) >= 11 is 3.20. The highest BCUT2D eigenvalue weighted by atomic mass is 32.2. The van der Waals surface area contributed by atoms with Gasteiger partial charge in [-0.3, -0.25) is 4.79 Å². The summed E-state index contributed by atoms with van der Waals surface area (Å²) in [6.45, 7) is 0.740. The first-order valence-corrected chi connectivity index (χ1v) is 12.9. The van der Waals surface area contributed by atoms with Crippen molar-refractivity contribution >= 4 is 49.1 Å². The van der Waals surface area contributed by atoms with Crippen LogP contribution in [0.5, 0.6) is 5.75 Å². The van der Waals surface area contributed by atoms with Crippen molar-refractivity contribution in [2.75, 3.05) is 25.4 Å². The van der Waals surface area contributed by atoms with Crippen LogP contribution in [0, 0.1) is 0 Å². The molecular weight excluding hydrogens is 428 g/mol. The summed E-state index contributed by atoms with van der Waals surface area (Å²) in [4.78, 5) is 17.8. The van der Waals surface area contributed by atoms with Crippen molar-refractivity contribution in [2.45, 2.75) is 17.9 Å². The third-order valence-electron chi connectivity index (χ3n) is 4.34. The van der Waals surface area contributed by atoms with E-state index in [1.807, 2.05) is 29.0 Å². The quantitative estimate of drug-likeness (QED) is 0.553. The molecule has 2 aromatic carbocycles. The number of aromatic nitrogens is 1. The number of sulfone groups is 1. The number of ether oxygens (including phenoxy) is 1. The first-order valence-electron chi connectivity index (χ1n) is 8.84. The molecule has 154 valence electrons. The van der Waals surface area contributed by atoms with Crippen LogP contribution in [0.25, 0.3) is 10.2 Å². The molecule has 0 aliphatic rings. The van der Waals surface area contributed by atoms with Gasteiger partial charge in [0.2, 0.25) is 0 Å². The molecule has 0 fully saturated rings. The fourth-order valence-electron chi connectivity index (χ4n) is 2.84. The molecule has 3 aromatic rings. The van der Waals surface area contributed by atoms with Crippen molar-refractivity contribution in [3.05, 3.63) is 52.8 Å². The number of hydrogen-bond acceptors (Lipinski definition) is 6. The molecule has 9 heteroatoms. The summed E-state index contributed by atoms with van der Waals surface area (Å²) in [6.07, 6.45) is 3.31. The number of rotatable bonds is 7. The summed E-state index contributed by atoms with van der Waals surface area (Å²) < 4.78 is 31.5. The zero-order chi connectivity index (χ0) is 21.0. The average molecular weight is 451 g/mol.